The molecule has 29 heavy (non-hydrogen) atoms. The molecule has 2 N–H and O–H groups in total. The second-order valence-corrected chi connectivity index (χ2v) is 8.11. The zero-order valence-electron chi connectivity index (χ0n) is 16.0. The number of carbonyl (C=O) groups is 1. The molecule has 0 fully saturated rings. The number of aliphatic carboxylic acids is 1. The number of benzene rings is 2. The van der Waals surface area contributed by atoms with Crippen LogP contribution in [0.4, 0.5) is 0 Å². The lowest BCUT2D eigenvalue weighted by Gasteiger charge is -2.15. The summed E-state index contributed by atoms with van der Waals surface area (Å²) >= 11 is 1.66. The van der Waals surface area contributed by atoms with Gasteiger partial charge in [0.05, 0.1) is 30.0 Å². The predicted octanol–water partition coefficient (Wildman–Crippen LogP) is 3.77. The van der Waals surface area contributed by atoms with Gasteiger partial charge in [0.15, 0.2) is 0 Å². The average molecular weight is 410 g/mol. The molecule has 0 amide bonds. The number of hydrogen-bond donors (Lipinski definition) is 2. The van der Waals surface area contributed by atoms with E-state index in [1.54, 1.807) is 15.9 Å². The Morgan fingerprint density at radius 2 is 1.90 bits per heavy atom. The summed E-state index contributed by atoms with van der Waals surface area (Å²) in [4.78, 5) is 24.7. The monoisotopic (exact) mass is 410 g/mol. The first-order chi connectivity index (χ1) is 14.0. The highest BCUT2D eigenvalue weighted by Gasteiger charge is 2.23. The third kappa shape index (κ3) is 3.47. The maximum Gasteiger partial charge on any atom is 0.329 e. The first kappa shape index (κ1) is 19.4. The SMILES string of the molecule is Cc1cccc2scc(Cn3c(=O)n(C(CCO)CC(=O)O)c4ccccc43)c12. The van der Waals surface area contributed by atoms with Gasteiger partial charge in [-0.3, -0.25) is 13.9 Å². The molecule has 1 atom stereocenters. The topological polar surface area (TPSA) is 84.5 Å². The highest BCUT2D eigenvalue weighted by atomic mass is 32.1. The van der Waals surface area contributed by atoms with E-state index >= 15 is 0 Å². The Hall–Kier alpha value is -2.90. The average Bonchev–Trinajstić information content (AvgIpc) is 3.22. The normalized spacial score (nSPS) is 12.6. The van der Waals surface area contributed by atoms with E-state index in [9.17, 15) is 19.8 Å². The molecule has 4 rings (SSSR count). The molecule has 2 heterocycles. The van der Waals surface area contributed by atoms with Gasteiger partial charge >= 0.3 is 11.7 Å². The fourth-order valence-electron chi connectivity index (χ4n) is 4.04. The summed E-state index contributed by atoms with van der Waals surface area (Å²) in [6.07, 6.45) is -0.00430. The van der Waals surface area contributed by atoms with Crippen LogP contribution in [0.25, 0.3) is 21.1 Å². The fraction of sp³-hybridized carbons (Fsp3) is 0.273. The van der Waals surface area contributed by atoms with Gasteiger partial charge in [-0.2, -0.15) is 0 Å². The van der Waals surface area contributed by atoms with Crippen molar-refractivity contribution in [3.63, 3.8) is 0 Å². The minimum atomic E-state index is -0.994. The Morgan fingerprint density at radius 1 is 1.14 bits per heavy atom. The number of hydrogen-bond acceptors (Lipinski definition) is 4. The number of fused-ring (bicyclic) bond motifs is 2. The van der Waals surface area contributed by atoms with Gasteiger partial charge in [-0.15, -0.1) is 11.3 Å². The number of thiophene rings is 1. The zero-order chi connectivity index (χ0) is 20.5. The molecule has 2 aromatic carbocycles. The Balaban J connectivity index is 1.88. The van der Waals surface area contributed by atoms with E-state index in [0.29, 0.717) is 12.1 Å². The number of aliphatic hydroxyl groups excluding tert-OH is 1. The summed E-state index contributed by atoms with van der Waals surface area (Å²) in [5, 5.41) is 22.0. The molecule has 1 unspecified atom stereocenters. The second kappa shape index (κ2) is 7.85. The molecular weight excluding hydrogens is 388 g/mol. The van der Waals surface area contributed by atoms with E-state index < -0.39 is 12.0 Å². The maximum absolute atomic E-state index is 13.4. The molecule has 0 saturated carbocycles. The van der Waals surface area contributed by atoms with Gasteiger partial charge in [-0.05, 0) is 48.1 Å². The lowest BCUT2D eigenvalue weighted by atomic mass is 10.1. The summed E-state index contributed by atoms with van der Waals surface area (Å²) in [7, 11) is 0. The van der Waals surface area contributed by atoms with E-state index in [0.717, 1.165) is 11.1 Å². The zero-order valence-corrected chi connectivity index (χ0v) is 16.9. The van der Waals surface area contributed by atoms with Gasteiger partial charge in [0, 0.05) is 16.7 Å². The summed E-state index contributed by atoms with van der Waals surface area (Å²) in [6.45, 7) is 2.29. The highest BCUT2D eigenvalue weighted by Crippen LogP contribution is 2.30. The number of carboxylic acids is 1. The van der Waals surface area contributed by atoms with Crippen molar-refractivity contribution in [1.29, 1.82) is 0 Å². The summed E-state index contributed by atoms with van der Waals surface area (Å²) in [5.74, 6) is -0.994. The van der Waals surface area contributed by atoms with Crippen LogP contribution in [0.5, 0.6) is 0 Å². The molecule has 150 valence electrons. The number of para-hydroxylation sites is 2. The standard InChI is InChI=1S/C22H22N2O4S/c1-14-5-4-8-19-21(14)15(13-29-19)12-23-17-6-2-3-7-18(17)24(22(23)28)16(9-10-25)11-20(26)27/h2-8,13,16,25H,9-12H2,1H3,(H,26,27). The minimum absolute atomic E-state index is 0.182. The van der Waals surface area contributed by atoms with Crippen LogP contribution in [-0.4, -0.2) is 31.9 Å². The van der Waals surface area contributed by atoms with Crippen molar-refractivity contribution >= 4 is 38.4 Å². The van der Waals surface area contributed by atoms with Crippen molar-refractivity contribution in [2.45, 2.75) is 32.4 Å². The van der Waals surface area contributed by atoms with Gasteiger partial charge < -0.3 is 10.2 Å². The van der Waals surface area contributed by atoms with Crippen LogP contribution < -0.4 is 5.69 Å². The maximum atomic E-state index is 13.4. The van der Waals surface area contributed by atoms with Crippen LogP contribution in [0.2, 0.25) is 0 Å². The lowest BCUT2D eigenvalue weighted by molar-refractivity contribution is -0.138. The highest BCUT2D eigenvalue weighted by molar-refractivity contribution is 7.17. The molecule has 0 aliphatic carbocycles. The Morgan fingerprint density at radius 3 is 2.62 bits per heavy atom. The first-order valence-electron chi connectivity index (χ1n) is 9.49. The molecule has 0 saturated heterocycles. The molecule has 7 heteroatoms. The summed E-state index contributed by atoms with van der Waals surface area (Å²) < 4.78 is 4.41. The Bertz CT molecular complexity index is 1250. The van der Waals surface area contributed by atoms with E-state index in [2.05, 4.69) is 24.4 Å². The van der Waals surface area contributed by atoms with Crippen LogP contribution in [0.15, 0.2) is 52.6 Å². The smallest absolute Gasteiger partial charge is 0.329 e. The molecule has 0 radical (unpaired) electrons. The molecule has 4 aromatic rings. The van der Waals surface area contributed by atoms with Gasteiger partial charge in [0.25, 0.3) is 0 Å². The predicted molar refractivity (Wildman–Crippen MR) is 115 cm³/mol. The third-order valence-electron chi connectivity index (χ3n) is 5.32. The van der Waals surface area contributed by atoms with E-state index in [-0.39, 0.29) is 25.1 Å². The van der Waals surface area contributed by atoms with Crippen molar-refractivity contribution in [3.8, 4) is 0 Å². The number of carboxylic acid groups (broad SMARTS) is 1. The van der Waals surface area contributed by atoms with Crippen molar-refractivity contribution in [1.82, 2.24) is 9.13 Å². The lowest BCUT2D eigenvalue weighted by Crippen LogP contribution is -2.29. The molecule has 0 bridgehead atoms. The van der Waals surface area contributed by atoms with Crippen molar-refractivity contribution in [3.05, 3.63) is 69.5 Å². The fourth-order valence-corrected chi connectivity index (χ4v) is 5.07. The molecule has 0 aliphatic heterocycles. The molecule has 2 aromatic heterocycles. The van der Waals surface area contributed by atoms with Crippen LogP contribution in [0.3, 0.4) is 0 Å². The van der Waals surface area contributed by atoms with Gasteiger partial charge in [0.2, 0.25) is 0 Å². The van der Waals surface area contributed by atoms with Gasteiger partial charge in [0.1, 0.15) is 0 Å². The Labute approximate surface area is 171 Å². The van der Waals surface area contributed by atoms with Gasteiger partial charge in [-0.25, -0.2) is 4.79 Å². The number of rotatable bonds is 7. The summed E-state index contributed by atoms with van der Waals surface area (Å²) in [5.41, 5.74) is 3.44. The minimum Gasteiger partial charge on any atom is -0.481 e. The third-order valence-corrected chi connectivity index (χ3v) is 6.32. The molecule has 0 aliphatic rings. The number of aliphatic hydroxyl groups is 1. The molecule has 6 nitrogen and oxygen atoms in total. The van der Waals surface area contributed by atoms with Crippen LogP contribution in [0, 0.1) is 6.92 Å². The second-order valence-electron chi connectivity index (χ2n) is 7.20. The van der Waals surface area contributed by atoms with Crippen molar-refractivity contribution < 1.29 is 15.0 Å². The van der Waals surface area contributed by atoms with Crippen LogP contribution in [-0.2, 0) is 11.3 Å². The number of aromatic nitrogens is 2. The van der Waals surface area contributed by atoms with Gasteiger partial charge in [-0.1, -0.05) is 24.3 Å². The first-order valence-corrected chi connectivity index (χ1v) is 10.4. The van der Waals surface area contributed by atoms with Crippen molar-refractivity contribution in [2.24, 2.45) is 0 Å². The Kier molecular flexibility index (Phi) is 5.25. The van der Waals surface area contributed by atoms with Crippen LogP contribution >= 0.6 is 11.3 Å². The van der Waals surface area contributed by atoms with E-state index in [1.165, 1.54) is 20.2 Å². The molecule has 0 spiro atoms. The number of aryl methyl sites for hydroxylation is 1. The quantitative estimate of drug-likeness (QED) is 0.486. The van der Waals surface area contributed by atoms with Crippen molar-refractivity contribution in [2.75, 3.05) is 6.61 Å². The van der Waals surface area contributed by atoms with E-state index in [4.69, 9.17) is 0 Å². The largest absolute Gasteiger partial charge is 0.481 e. The van der Waals surface area contributed by atoms with Crippen LogP contribution in [0.1, 0.15) is 30.0 Å². The molecular formula is C22H22N2O4S. The summed E-state index contributed by atoms with van der Waals surface area (Å²) in [6, 6.07) is 13.0. The number of imidazole rings is 1. The number of nitrogens with zero attached hydrogens (tertiary/aromatic N) is 2. The van der Waals surface area contributed by atoms with E-state index in [1.807, 2.05) is 30.3 Å².